The molecule has 12 heteroatoms. The summed E-state index contributed by atoms with van der Waals surface area (Å²) in [5, 5.41) is 7.73. The lowest BCUT2D eigenvalue weighted by Crippen LogP contribution is -2.32. The Hall–Kier alpha value is -3.25. The van der Waals surface area contributed by atoms with Crippen LogP contribution in [0.25, 0.3) is 11.5 Å². The van der Waals surface area contributed by atoms with Gasteiger partial charge < -0.3 is 14.2 Å². The number of ether oxygens (including phenoxy) is 3. The lowest BCUT2D eigenvalue weighted by molar-refractivity contribution is 0.0704. The van der Waals surface area contributed by atoms with Crippen LogP contribution in [0.4, 0.5) is 5.95 Å². The first kappa shape index (κ1) is 24.9. The monoisotopic (exact) mass is 502 g/mol. The van der Waals surface area contributed by atoms with E-state index in [0.717, 1.165) is 0 Å². The zero-order valence-corrected chi connectivity index (χ0v) is 21.0. The minimum Gasteiger partial charge on any atom is -0.495 e. The van der Waals surface area contributed by atoms with Gasteiger partial charge in [-0.2, -0.15) is 0 Å². The fraction of sp³-hybridized carbons (Fsp3) is 0.478. The average molecular weight is 503 g/mol. The molecule has 4 rings (SSSR count). The summed E-state index contributed by atoms with van der Waals surface area (Å²) < 4.78 is 47.2. The number of hydrogen-bond acceptors (Lipinski definition) is 9. The Morgan fingerprint density at radius 1 is 1.09 bits per heavy atom. The Balaban J connectivity index is 1.65. The topological polar surface area (TPSA) is 130 Å². The van der Waals surface area contributed by atoms with Gasteiger partial charge in [-0.1, -0.05) is 13.0 Å². The number of anilines is 1. The molecule has 4 heterocycles. The molecule has 3 aromatic rings. The molecule has 0 saturated carbocycles. The first-order valence-corrected chi connectivity index (χ1v) is 12.9. The van der Waals surface area contributed by atoms with E-state index in [4.69, 9.17) is 14.2 Å². The second-order valence-corrected chi connectivity index (χ2v) is 10.4. The van der Waals surface area contributed by atoms with Gasteiger partial charge in [0, 0.05) is 36.9 Å². The normalized spacial score (nSPS) is 16.5. The molecule has 2 atom stereocenters. The van der Waals surface area contributed by atoms with Gasteiger partial charge in [-0.15, -0.1) is 10.2 Å². The number of methoxy groups -OCH3 is 2. The lowest BCUT2D eigenvalue weighted by Gasteiger charge is -2.27. The third-order valence-electron chi connectivity index (χ3n) is 6.30. The minimum absolute atomic E-state index is 0.0459. The van der Waals surface area contributed by atoms with Crippen LogP contribution in [0.2, 0.25) is 0 Å². The molecule has 0 unspecified atom stereocenters. The predicted molar refractivity (Wildman–Crippen MR) is 130 cm³/mol. The summed E-state index contributed by atoms with van der Waals surface area (Å²) in [6.45, 7) is 4.61. The Labute approximate surface area is 204 Å². The molecule has 1 aliphatic rings. The van der Waals surface area contributed by atoms with Gasteiger partial charge in [0.25, 0.3) is 0 Å². The Morgan fingerprint density at radius 2 is 1.86 bits per heavy atom. The minimum atomic E-state index is -3.84. The SMILES string of the molecule is COc1ccc([C@@H](C)[C@H](C)S(=O)(=O)Nc2nnc(-c3cccc(OC)n3)n2C2CCOCC2)nc1. The van der Waals surface area contributed by atoms with Gasteiger partial charge in [-0.25, -0.2) is 13.4 Å². The molecule has 0 radical (unpaired) electrons. The first-order chi connectivity index (χ1) is 16.8. The number of hydrogen-bond donors (Lipinski definition) is 1. The highest BCUT2D eigenvalue weighted by molar-refractivity contribution is 7.93. The van der Waals surface area contributed by atoms with Crippen molar-refractivity contribution in [1.29, 1.82) is 0 Å². The summed E-state index contributed by atoms with van der Waals surface area (Å²) in [6.07, 6.45) is 2.98. The van der Waals surface area contributed by atoms with E-state index in [-0.39, 0.29) is 17.9 Å². The molecule has 188 valence electrons. The van der Waals surface area contributed by atoms with E-state index in [0.29, 0.717) is 54.9 Å². The number of rotatable bonds is 9. The van der Waals surface area contributed by atoms with E-state index < -0.39 is 15.3 Å². The molecule has 3 aromatic heterocycles. The van der Waals surface area contributed by atoms with Crippen LogP contribution in [-0.2, 0) is 14.8 Å². The Morgan fingerprint density at radius 3 is 2.51 bits per heavy atom. The predicted octanol–water partition coefficient (Wildman–Crippen LogP) is 3.04. The number of pyridine rings is 2. The van der Waals surface area contributed by atoms with Crippen molar-refractivity contribution >= 4 is 16.0 Å². The van der Waals surface area contributed by atoms with Gasteiger partial charge in [0.05, 0.1) is 25.7 Å². The molecule has 1 N–H and O–H groups in total. The van der Waals surface area contributed by atoms with Crippen molar-refractivity contribution in [3.63, 3.8) is 0 Å². The molecule has 35 heavy (non-hydrogen) atoms. The van der Waals surface area contributed by atoms with Crippen molar-refractivity contribution in [3.8, 4) is 23.1 Å². The second-order valence-electron chi connectivity index (χ2n) is 8.39. The highest BCUT2D eigenvalue weighted by atomic mass is 32.2. The van der Waals surface area contributed by atoms with Crippen molar-refractivity contribution in [2.75, 3.05) is 32.2 Å². The smallest absolute Gasteiger partial charge is 0.238 e. The number of nitrogens with one attached hydrogen (secondary N) is 1. The quantitative estimate of drug-likeness (QED) is 0.469. The Kier molecular flexibility index (Phi) is 7.51. The molecule has 0 aliphatic carbocycles. The summed E-state index contributed by atoms with van der Waals surface area (Å²) in [5.74, 6) is 1.28. The molecule has 0 bridgehead atoms. The van der Waals surface area contributed by atoms with Gasteiger partial charge in [0.15, 0.2) is 5.82 Å². The second kappa shape index (κ2) is 10.6. The maximum Gasteiger partial charge on any atom is 0.238 e. The fourth-order valence-corrected chi connectivity index (χ4v) is 5.25. The third kappa shape index (κ3) is 5.38. The van der Waals surface area contributed by atoms with Crippen molar-refractivity contribution in [2.45, 2.75) is 43.9 Å². The van der Waals surface area contributed by atoms with Crippen molar-refractivity contribution < 1.29 is 22.6 Å². The molecule has 1 saturated heterocycles. The van der Waals surface area contributed by atoms with Crippen molar-refractivity contribution in [3.05, 3.63) is 42.2 Å². The lowest BCUT2D eigenvalue weighted by atomic mass is 10.0. The molecule has 0 amide bonds. The molecule has 0 spiro atoms. The van der Waals surface area contributed by atoms with Gasteiger partial charge in [0.1, 0.15) is 11.4 Å². The molecule has 1 fully saturated rings. The Bertz CT molecular complexity index is 1240. The average Bonchev–Trinajstić information content (AvgIpc) is 3.31. The maximum absolute atomic E-state index is 13.4. The number of nitrogens with zero attached hydrogens (tertiary/aromatic N) is 5. The molecule has 11 nitrogen and oxygen atoms in total. The van der Waals surface area contributed by atoms with Gasteiger partial charge in [0.2, 0.25) is 21.9 Å². The summed E-state index contributed by atoms with van der Waals surface area (Å²) >= 11 is 0. The summed E-state index contributed by atoms with van der Waals surface area (Å²) in [4.78, 5) is 8.83. The van der Waals surface area contributed by atoms with Crippen LogP contribution in [0, 0.1) is 0 Å². The number of aromatic nitrogens is 5. The maximum atomic E-state index is 13.4. The fourth-order valence-electron chi connectivity index (χ4n) is 3.99. The van der Waals surface area contributed by atoms with E-state index in [2.05, 4.69) is 24.9 Å². The van der Waals surface area contributed by atoms with Crippen LogP contribution in [0.5, 0.6) is 11.6 Å². The molecular formula is C23H30N6O5S. The van der Waals surface area contributed by atoms with Crippen LogP contribution in [0.15, 0.2) is 36.5 Å². The molecule has 1 aliphatic heterocycles. The van der Waals surface area contributed by atoms with Crippen LogP contribution in [-0.4, -0.2) is 65.8 Å². The van der Waals surface area contributed by atoms with E-state index in [1.165, 1.54) is 7.11 Å². The first-order valence-electron chi connectivity index (χ1n) is 11.4. The zero-order valence-electron chi connectivity index (χ0n) is 20.2. The van der Waals surface area contributed by atoms with Crippen molar-refractivity contribution in [2.24, 2.45) is 0 Å². The van der Waals surface area contributed by atoms with E-state index >= 15 is 0 Å². The highest BCUT2D eigenvalue weighted by Gasteiger charge is 2.32. The van der Waals surface area contributed by atoms with Gasteiger partial charge >= 0.3 is 0 Å². The summed E-state index contributed by atoms with van der Waals surface area (Å²) in [7, 11) is -0.747. The van der Waals surface area contributed by atoms with Crippen LogP contribution < -0.4 is 14.2 Å². The summed E-state index contributed by atoms with van der Waals surface area (Å²) in [6, 6.07) is 8.82. The largest absolute Gasteiger partial charge is 0.495 e. The molecular weight excluding hydrogens is 472 g/mol. The standard InChI is InChI=1S/C23H30N6O5S/c1-15(19-9-8-18(32-3)14-24-19)16(2)35(30,31)28-23-27-26-22(20-6-5-7-21(25-20)33-4)29(23)17-10-12-34-13-11-17/h5-9,14-17H,10-13H2,1-4H3,(H,27,28)/t15-,16-/m0/s1. The van der Waals surface area contributed by atoms with Crippen LogP contribution in [0.3, 0.4) is 0 Å². The third-order valence-corrected chi connectivity index (χ3v) is 8.16. The zero-order chi connectivity index (χ0) is 25.0. The summed E-state index contributed by atoms with van der Waals surface area (Å²) in [5.41, 5.74) is 1.19. The molecule has 0 aromatic carbocycles. The van der Waals surface area contributed by atoms with Gasteiger partial charge in [-0.05, 0) is 38.0 Å². The van der Waals surface area contributed by atoms with Crippen LogP contribution in [0.1, 0.15) is 44.3 Å². The van der Waals surface area contributed by atoms with Crippen LogP contribution >= 0.6 is 0 Å². The van der Waals surface area contributed by atoms with E-state index in [9.17, 15) is 8.42 Å². The van der Waals surface area contributed by atoms with E-state index in [1.807, 2.05) is 11.5 Å². The van der Waals surface area contributed by atoms with E-state index in [1.54, 1.807) is 50.6 Å². The van der Waals surface area contributed by atoms with Gasteiger partial charge in [-0.3, -0.25) is 14.3 Å². The van der Waals surface area contributed by atoms with Crippen molar-refractivity contribution in [1.82, 2.24) is 24.7 Å². The number of sulfonamides is 1. The highest BCUT2D eigenvalue weighted by Crippen LogP contribution is 2.32.